The van der Waals surface area contributed by atoms with Crippen molar-refractivity contribution in [2.24, 2.45) is 7.05 Å². The summed E-state index contributed by atoms with van der Waals surface area (Å²) in [7, 11) is 1.44. The van der Waals surface area contributed by atoms with Crippen molar-refractivity contribution in [3.8, 4) is 17.3 Å². The molecule has 0 aromatic carbocycles. The van der Waals surface area contributed by atoms with Crippen LogP contribution in [0.15, 0.2) is 27.5 Å². The van der Waals surface area contributed by atoms with E-state index in [1.54, 1.807) is 0 Å². The van der Waals surface area contributed by atoms with Gasteiger partial charge in [-0.25, -0.2) is 4.79 Å². The largest absolute Gasteiger partial charge is 0.618 e. The van der Waals surface area contributed by atoms with Crippen LogP contribution in [0.5, 0.6) is 5.75 Å². The quantitative estimate of drug-likeness (QED) is 0.557. The van der Waals surface area contributed by atoms with Gasteiger partial charge in [0.2, 0.25) is 0 Å². The van der Waals surface area contributed by atoms with E-state index in [1.807, 2.05) is 6.92 Å². The van der Waals surface area contributed by atoms with Crippen LogP contribution in [0.2, 0.25) is 0 Å². The molecule has 2 heterocycles. The minimum atomic E-state index is -0.623. The van der Waals surface area contributed by atoms with Crippen LogP contribution in [-0.4, -0.2) is 16.4 Å². The minimum Gasteiger partial charge on any atom is -0.618 e. The Morgan fingerprint density at radius 3 is 3.00 bits per heavy atom. The smallest absolute Gasteiger partial charge is 0.437 e. The summed E-state index contributed by atoms with van der Waals surface area (Å²) in [6.07, 6.45) is 1.27. The van der Waals surface area contributed by atoms with Gasteiger partial charge in [-0.3, -0.25) is 0 Å². The molecule has 0 aliphatic heterocycles. The number of hydrogen-bond acceptors (Lipinski definition) is 5. The van der Waals surface area contributed by atoms with Crippen molar-refractivity contribution < 1.29 is 13.9 Å². The molecule has 0 unspecified atom stereocenters. The summed E-state index contributed by atoms with van der Waals surface area (Å²) in [5, 5.41) is 15.4. The molecule has 0 atom stereocenters. The van der Waals surface area contributed by atoms with Crippen molar-refractivity contribution >= 4 is 0 Å². The second-order valence-corrected chi connectivity index (χ2v) is 3.30. The Morgan fingerprint density at radius 2 is 2.41 bits per heavy atom. The Kier molecular flexibility index (Phi) is 2.82. The van der Waals surface area contributed by atoms with Gasteiger partial charge in [0, 0.05) is 13.1 Å². The maximum absolute atomic E-state index is 11.5. The summed E-state index contributed by atoms with van der Waals surface area (Å²) in [4.78, 5) is 11.1. The van der Waals surface area contributed by atoms with E-state index in [1.165, 1.54) is 25.4 Å². The minimum absolute atomic E-state index is 0.0333. The van der Waals surface area contributed by atoms with E-state index >= 15 is 0 Å². The molecule has 2 aromatic heterocycles. The van der Waals surface area contributed by atoms with Crippen LogP contribution in [0.25, 0.3) is 11.6 Å². The van der Waals surface area contributed by atoms with Gasteiger partial charge in [-0.15, -0.1) is 5.10 Å². The predicted octanol–water partition coefficient (Wildman–Crippen LogP) is 0.0724. The first-order valence-corrected chi connectivity index (χ1v) is 5.02. The zero-order valence-corrected chi connectivity index (χ0v) is 9.41. The Labute approximate surface area is 96.4 Å². The summed E-state index contributed by atoms with van der Waals surface area (Å²) in [5.74, 6) is -0.140. The molecule has 0 saturated carbocycles. The second-order valence-electron chi connectivity index (χ2n) is 3.30. The number of ether oxygens (including phenoxy) is 1. The van der Waals surface area contributed by atoms with Crippen LogP contribution in [0.3, 0.4) is 0 Å². The Morgan fingerprint density at radius 1 is 1.65 bits per heavy atom. The first-order chi connectivity index (χ1) is 8.11. The average molecular weight is 237 g/mol. The first-order valence-electron chi connectivity index (χ1n) is 5.02. The fourth-order valence-corrected chi connectivity index (χ4v) is 1.33. The number of aryl methyl sites for hydroxylation is 1. The summed E-state index contributed by atoms with van der Waals surface area (Å²) in [6.45, 7) is 2.31. The average Bonchev–Trinajstić information content (AvgIpc) is 2.62. The standard InChI is InChI=1S/C10H11N3O4/c1-3-16-7-4-5-13(15)8(6-7)9-11-12(2)10(14)17-9/h4-6H,3H2,1-2H3. The van der Waals surface area contributed by atoms with Gasteiger partial charge in [0.15, 0.2) is 6.20 Å². The number of hydrogen-bond donors (Lipinski definition) is 0. The molecular formula is C10H11N3O4. The number of rotatable bonds is 3. The Hall–Kier alpha value is -2.31. The van der Waals surface area contributed by atoms with Gasteiger partial charge < -0.3 is 14.4 Å². The van der Waals surface area contributed by atoms with Gasteiger partial charge >= 0.3 is 11.6 Å². The molecule has 0 amide bonds. The summed E-state index contributed by atoms with van der Waals surface area (Å²) >= 11 is 0. The molecule has 0 bridgehead atoms. The SMILES string of the molecule is CCOc1cc[n+]([O-])c(-c2nn(C)c(=O)o2)c1. The van der Waals surface area contributed by atoms with Crippen LogP contribution >= 0.6 is 0 Å². The molecule has 17 heavy (non-hydrogen) atoms. The number of aromatic nitrogens is 3. The van der Waals surface area contributed by atoms with E-state index in [0.29, 0.717) is 17.1 Å². The van der Waals surface area contributed by atoms with Gasteiger partial charge in [0.25, 0.3) is 5.69 Å². The van der Waals surface area contributed by atoms with Crippen molar-refractivity contribution in [2.75, 3.05) is 6.61 Å². The van der Waals surface area contributed by atoms with E-state index in [0.717, 1.165) is 4.68 Å². The summed E-state index contributed by atoms with van der Waals surface area (Å²) in [5.41, 5.74) is 0.133. The molecule has 0 aliphatic rings. The van der Waals surface area contributed by atoms with E-state index in [4.69, 9.17) is 9.15 Å². The molecule has 0 saturated heterocycles. The molecule has 2 rings (SSSR count). The third-order valence-corrected chi connectivity index (χ3v) is 2.11. The third kappa shape index (κ3) is 2.12. The molecular weight excluding hydrogens is 226 g/mol. The highest BCUT2D eigenvalue weighted by atomic mass is 16.5. The molecule has 0 radical (unpaired) electrons. The molecule has 0 fully saturated rings. The molecule has 0 aliphatic carbocycles. The van der Waals surface area contributed by atoms with Gasteiger partial charge in [0.05, 0.1) is 12.7 Å². The van der Waals surface area contributed by atoms with E-state index in [-0.39, 0.29) is 11.6 Å². The Bertz CT molecular complexity index is 587. The molecule has 0 spiro atoms. The zero-order valence-electron chi connectivity index (χ0n) is 9.41. The van der Waals surface area contributed by atoms with Gasteiger partial charge in [-0.05, 0) is 6.92 Å². The molecule has 7 heteroatoms. The topological polar surface area (TPSA) is 84.2 Å². The van der Waals surface area contributed by atoms with Crippen LogP contribution < -0.4 is 15.2 Å². The van der Waals surface area contributed by atoms with Crippen molar-refractivity contribution in [3.63, 3.8) is 0 Å². The van der Waals surface area contributed by atoms with E-state index in [2.05, 4.69) is 5.10 Å². The lowest BCUT2D eigenvalue weighted by molar-refractivity contribution is -0.594. The fraction of sp³-hybridized carbons (Fsp3) is 0.300. The van der Waals surface area contributed by atoms with Crippen molar-refractivity contribution in [3.05, 3.63) is 34.1 Å². The van der Waals surface area contributed by atoms with E-state index < -0.39 is 5.76 Å². The highest BCUT2D eigenvalue weighted by Gasteiger charge is 2.18. The highest BCUT2D eigenvalue weighted by Crippen LogP contribution is 2.17. The maximum Gasteiger partial charge on any atom is 0.437 e. The molecule has 90 valence electrons. The summed E-state index contributed by atoms with van der Waals surface area (Å²) < 4.78 is 11.7. The number of pyridine rings is 1. The van der Waals surface area contributed by atoms with Gasteiger partial charge in [-0.1, -0.05) is 0 Å². The zero-order chi connectivity index (χ0) is 12.4. The molecule has 0 N–H and O–H groups in total. The monoisotopic (exact) mass is 237 g/mol. The van der Waals surface area contributed by atoms with Crippen molar-refractivity contribution in [1.82, 2.24) is 9.78 Å². The maximum atomic E-state index is 11.5. The fourth-order valence-electron chi connectivity index (χ4n) is 1.33. The summed E-state index contributed by atoms with van der Waals surface area (Å²) in [6, 6.07) is 3.00. The van der Waals surface area contributed by atoms with Crippen LogP contribution in [0.4, 0.5) is 0 Å². The predicted molar refractivity (Wildman–Crippen MR) is 57.3 cm³/mol. The second kappa shape index (κ2) is 4.28. The van der Waals surface area contributed by atoms with Crippen LogP contribution in [0, 0.1) is 5.21 Å². The number of nitrogens with zero attached hydrogens (tertiary/aromatic N) is 3. The van der Waals surface area contributed by atoms with Crippen LogP contribution in [-0.2, 0) is 7.05 Å². The third-order valence-electron chi connectivity index (χ3n) is 2.11. The lowest BCUT2D eigenvalue weighted by Crippen LogP contribution is -2.28. The molecule has 7 nitrogen and oxygen atoms in total. The molecule has 2 aromatic rings. The lowest BCUT2D eigenvalue weighted by Gasteiger charge is -2.04. The highest BCUT2D eigenvalue weighted by molar-refractivity contribution is 5.45. The van der Waals surface area contributed by atoms with Crippen molar-refractivity contribution in [2.45, 2.75) is 6.92 Å². The van der Waals surface area contributed by atoms with Crippen LogP contribution in [0.1, 0.15) is 6.92 Å². The van der Waals surface area contributed by atoms with Gasteiger partial charge in [-0.2, -0.15) is 9.41 Å². The van der Waals surface area contributed by atoms with Crippen molar-refractivity contribution in [1.29, 1.82) is 0 Å². The Balaban J connectivity index is 2.50. The lowest BCUT2D eigenvalue weighted by atomic mass is 10.3. The normalized spacial score (nSPS) is 10.5. The van der Waals surface area contributed by atoms with Gasteiger partial charge in [0.1, 0.15) is 5.75 Å². The van der Waals surface area contributed by atoms with E-state index in [9.17, 15) is 10.0 Å². The first kappa shape index (κ1) is 11.2.